The van der Waals surface area contributed by atoms with E-state index in [2.05, 4.69) is 0 Å². The zero-order valence-electron chi connectivity index (χ0n) is 10.8. The third-order valence-electron chi connectivity index (χ3n) is 2.94. The van der Waals surface area contributed by atoms with Crippen LogP contribution < -0.4 is 0 Å². The first kappa shape index (κ1) is 14.3. The molecule has 0 aromatic heterocycles. The first-order valence-electron chi connectivity index (χ1n) is 5.87. The third-order valence-corrected chi connectivity index (χ3v) is 2.94. The average Bonchev–Trinajstić information content (AvgIpc) is 2.31. The second-order valence-electron chi connectivity index (χ2n) is 4.44. The van der Waals surface area contributed by atoms with E-state index >= 15 is 0 Å². The van der Waals surface area contributed by atoms with Crippen molar-refractivity contribution in [1.29, 1.82) is 0 Å². The number of hydrogen-bond acceptors (Lipinski definition) is 3. The van der Waals surface area contributed by atoms with E-state index in [1.807, 2.05) is 0 Å². The molecule has 1 heterocycles. The standard InChI is InChI=1S/C11H19N3O4/c1-12-6-7-14(8-9(12)15)11(18)13(2)5-3-4-10(16)17/h3-8H2,1-2H3,(H,16,17). The van der Waals surface area contributed by atoms with E-state index in [1.165, 1.54) is 9.80 Å². The Labute approximate surface area is 106 Å². The fourth-order valence-corrected chi connectivity index (χ4v) is 1.73. The Hall–Kier alpha value is -1.79. The molecule has 1 saturated heterocycles. The summed E-state index contributed by atoms with van der Waals surface area (Å²) < 4.78 is 0. The molecule has 0 aromatic carbocycles. The lowest BCUT2D eigenvalue weighted by Gasteiger charge is -2.34. The number of likely N-dealkylation sites (N-methyl/N-ethyl adjacent to an activating group) is 1. The highest BCUT2D eigenvalue weighted by Gasteiger charge is 2.26. The van der Waals surface area contributed by atoms with Crippen LogP contribution in [0.15, 0.2) is 0 Å². The minimum absolute atomic E-state index is 0.0410. The van der Waals surface area contributed by atoms with E-state index in [0.717, 1.165) is 0 Å². The minimum Gasteiger partial charge on any atom is -0.481 e. The van der Waals surface area contributed by atoms with Crippen LogP contribution in [0.3, 0.4) is 0 Å². The molecular weight excluding hydrogens is 238 g/mol. The van der Waals surface area contributed by atoms with Crippen LogP contribution in [0.25, 0.3) is 0 Å². The molecular formula is C11H19N3O4. The van der Waals surface area contributed by atoms with Crippen LogP contribution in [0.5, 0.6) is 0 Å². The molecule has 0 radical (unpaired) electrons. The van der Waals surface area contributed by atoms with Crippen LogP contribution in [0.2, 0.25) is 0 Å². The van der Waals surface area contributed by atoms with Gasteiger partial charge in [-0.3, -0.25) is 9.59 Å². The zero-order valence-corrected chi connectivity index (χ0v) is 10.8. The molecule has 1 aliphatic rings. The van der Waals surface area contributed by atoms with Crippen molar-refractivity contribution in [2.24, 2.45) is 0 Å². The first-order chi connectivity index (χ1) is 8.41. The van der Waals surface area contributed by atoms with E-state index in [-0.39, 0.29) is 24.9 Å². The number of aliphatic carboxylic acids is 1. The topological polar surface area (TPSA) is 81.2 Å². The lowest BCUT2D eigenvalue weighted by Crippen LogP contribution is -2.53. The van der Waals surface area contributed by atoms with Gasteiger partial charge in [0.1, 0.15) is 6.54 Å². The molecule has 1 aliphatic heterocycles. The van der Waals surface area contributed by atoms with Crippen molar-refractivity contribution in [3.63, 3.8) is 0 Å². The highest BCUT2D eigenvalue weighted by atomic mass is 16.4. The minimum atomic E-state index is -0.870. The van der Waals surface area contributed by atoms with Crippen LogP contribution in [-0.2, 0) is 9.59 Å². The fraction of sp³-hybridized carbons (Fsp3) is 0.727. The van der Waals surface area contributed by atoms with Crippen molar-refractivity contribution in [1.82, 2.24) is 14.7 Å². The van der Waals surface area contributed by atoms with Gasteiger partial charge in [0.15, 0.2) is 0 Å². The summed E-state index contributed by atoms with van der Waals surface area (Å²) >= 11 is 0. The number of rotatable bonds is 4. The van der Waals surface area contributed by atoms with E-state index in [1.54, 1.807) is 19.0 Å². The monoisotopic (exact) mass is 257 g/mol. The number of piperazine rings is 1. The largest absolute Gasteiger partial charge is 0.481 e. The molecule has 18 heavy (non-hydrogen) atoms. The number of amides is 3. The SMILES string of the molecule is CN1CCN(C(=O)N(C)CCCC(=O)O)CC1=O. The van der Waals surface area contributed by atoms with Crippen molar-refractivity contribution in [3.05, 3.63) is 0 Å². The van der Waals surface area contributed by atoms with Crippen molar-refractivity contribution in [2.45, 2.75) is 12.8 Å². The van der Waals surface area contributed by atoms with E-state index in [4.69, 9.17) is 5.11 Å². The van der Waals surface area contributed by atoms with Crippen LogP contribution in [-0.4, -0.2) is 78.0 Å². The Morgan fingerprint density at radius 2 is 2.06 bits per heavy atom. The van der Waals surface area contributed by atoms with Crippen LogP contribution in [0.1, 0.15) is 12.8 Å². The molecule has 0 aromatic rings. The van der Waals surface area contributed by atoms with Crippen LogP contribution in [0.4, 0.5) is 4.79 Å². The summed E-state index contributed by atoms with van der Waals surface area (Å²) in [5.41, 5.74) is 0. The quantitative estimate of drug-likeness (QED) is 0.748. The molecule has 1 N–H and O–H groups in total. The number of carboxylic acid groups (broad SMARTS) is 1. The summed E-state index contributed by atoms with van der Waals surface area (Å²) in [5.74, 6) is -0.945. The number of carbonyl (C=O) groups excluding carboxylic acids is 2. The molecule has 7 nitrogen and oxygen atoms in total. The highest BCUT2D eigenvalue weighted by Crippen LogP contribution is 2.05. The average molecular weight is 257 g/mol. The Bertz CT molecular complexity index is 345. The van der Waals surface area contributed by atoms with Crippen molar-refractivity contribution < 1.29 is 19.5 Å². The molecule has 0 atom stereocenters. The molecule has 0 spiro atoms. The molecule has 1 fully saturated rings. The van der Waals surface area contributed by atoms with Crippen LogP contribution >= 0.6 is 0 Å². The van der Waals surface area contributed by atoms with Crippen molar-refractivity contribution in [3.8, 4) is 0 Å². The Kier molecular flexibility index (Phi) is 4.94. The Morgan fingerprint density at radius 3 is 2.61 bits per heavy atom. The zero-order chi connectivity index (χ0) is 13.7. The lowest BCUT2D eigenvalue weighted by atomic mass is 10.3. The lowest BCUT2D eigenvalue weighted by molar-refractivity contribution is -0.137. The first-order valence-corrected chi connectivity index (χ1v) is 5.87. The smallest absolute Gasteiger partial charge is 0.320 e. The van der Waals surface area contributed by atoms with E-state index in [0.29, 0.717) is 26.1 Å². The maximum Gasteiger partial charge on any atom is 0.320 e. The predicted molar refractivity (Wildman–Crippen MR) is 64.1 cm³/mol. The van der Waals surface area contributed by atoms with Gasteiger partial charge < -0.3 is 19.8 Å². The van der Waals surface area contributed by atoms with Gasteiger partial charge in [-0.1, -0.05) is 0 Å². The van der Waals surface area contributed by atoms with Gasteiger partial charge in [0.25, 0.3) is 0 Å². The van der Waals surface area contributed by atoms with Gasteiger partial charge in [-0.15, -0.1) is 0 Å². The number of hydrogen-bond donors (Lipinski definition) is 1. The number of carbonyl (C=O) groups is 3. The van der Waals surface area contributed by atoms with Crippen molar-refractivity contribution >= 4 is 17.9 Å². The molecule has 0 saturated carbocycles. The molecule has 0 unspecified atom stereocenters. The van der Waals surface area contributed by atoms with Gasteiger partial charge in [-0.05, 0) is 6.42 Å². The Balaban J connectivity index is 2.39. The van der Waals surface area contributed by atoms with Gasteiger partial charge in [0, 0.05) is 40.2 Å². The molecule has 1 rings (SSSR count). The summed E-state index contributed by atoms with van der Waals surface area (Å²) in [7, 11) is 3.33. The van der Waals surface area contributed by atoms with Crippen LogP contribution in [0, 0.1) is 0 Å². The Morgan fingerprint density at radius 1 is 1.39 bits per heavy atom. The molecule has 102 valence electrons. The van der Waals surface area contributed by atoms with Gasteiger partial charge in [0.05, 0.1) is 0 Å². The van der Waals surface area contributed by atoms with E-state index in [9.17, 15) is 14.4 Å². The summed E-state index contributed by atoms with van der Waals surface area (Å²) in [6.07, 6.45) is 0.457. The predicted octanol–water partition coefficient (Wildman–Crippen LogP) is -0.323. The summed E-state index contributed by atoms with van der Waals surface area (Å²) in [6, 6.07) is -0.221. The van der Waals surface area contributed by atoms with Gasteiger partial charge >= 0.3 is 12.0 Å². The molecule has 0 bridgehead atoms. The maximum atomic E-state index is 12.0. The summed E-state index contributed by atoms with van der Waals surface area (Å²) in [5, 5.41) is 8.51. The normalized spacial score (nSPS) is 15.8. The third kappa shape index (κ3) is 3.90. The maximum absolute atomic E-state index is 12.0. The summed E-state index contributed by atoms with van der Waals surface area (Å²) in [4.78, 5) is 38.3. The number of carboxylic acids is 1. The molecule has 0 aliphatic carbocycles. The van der Waals surface area contributed by atoms with Gasteiger partial charge in [0.2, 0.25) is 5.91 Å². The number of nitrogens with zero attached hydrogens (tertiary/aromatic N) is 3. The molecule has 7 heteroatoms. The van der Waals surface area contributed by atoms with Crippen molar-refractivity contribution in [2.75, 3.05) is 40.3 Å². The fourth-order valence-electron chi connectivity index (χ4n) is 1.73. The van der Waals surface area contributed by atoms with Gasteiger partial charge in [-0.25, -0.2) is 4.79 Å². The highest BCUT2D eigenvalue weighted by molar-refractivity contribution is 5.85. The molecule has 3 amide bonds. The number of urea groups is 1. The van der Waals surface area contributed by atoms with E-state index < -0.39 is 5.97 Å². The second-order valence-corrected chi connectivity index (χ2v) is 4.44. The second kappa shape index (κ2) is 6.23. The summed E-state index contributed by atoms with van der Waals surface area (Å²) in [6.45, 7) is 1.53. The van der Waals surface area contributed by atoms with Gasteiger partial charge in [-0.2, -0.15) is 0 Å².